The second-order valence-electron chi connectivity index (χ2n) is 5.29. The van der Waals surface area contributed by atoms with E-state index in [0.29, 0.717) is 17.1 Å². The predicted octanol–water partition coefficient (Wildman–Crippen LogP) is 4.25. The number of aromatic hydroxyl groups is 2. The third-order valence-corrected chi connectivity index (χ3v) is 3.36. The molecule has 1 aliphatic rings. The summed E-state index contributed by atoms with van der Waals surface area (Å²) in [6, 6.07) is 24.5. The molecule has 0 heterocycles. The molecule has 0 aliphatic heterocycles. The molecule has 0 aromatic heterocycles. The Morgan fingerprint density at radius 2 is 1.00 bits per heavy atom. The van der Waals surface area contributed by atoms with Gasteiger partial charge in [0.15, 0.2) is 0 Å². The minimum absolute atomic E-state index is 0.322. The molecule has 2 N–H and O–H groups in total. The highest BCUT2D eigenvalue weighted by molar-refractivity contribution is 6.49. The van der Waals surface area contributed by atoms with Gasteiger partial charge in [-0.1, -0.05) is 66.7 Å². The Morgan fingerprint density at radius 1 is 0.538 bits per heavy atom. The number of ketones is 2. The summed E-state index contributed by atoms with van der Waals surface area (Å²) in [5.41, 5.74) is 1.33. The normalized spacial score (nSPS) is 11.4. The Bertz CT molecular complexity index is 847. The molecule has 130 valence electrons. The Hall–Kier alpha value is -3.66. The fourth-order valence-corrected chi connectivity index (χ4v) is 2.08. The monoisotopic (exact) mass is 346 g/mol. The first-order chi connectivity index (χ1) is 12.6. The highest BCUT2D eigenvalue weighted by Gasteiger charge is 2.19. The van der Waals surface area contributed by atoms with Crippen molar-refractivity contribution < 1.29 is 19.8 Å². The molecule has 0 amide bonds. The van der Waals surface area contributed by atoms with Crippen LogP contribution in [0.15, 0.2) is 91.0 Å². The molecule has 0 atom stereocenters. The van der Waals surface area contributed by atoms with Gasteiger partial charge in [-0.15, -0.1) is 0 Å². The van der Waals surface area contributed by atoms with Crippen LogP contribution in [0.5, 0.6) is 11.5 Å². The molecular weight excluding hydrogens is 328 g/mol. The van der Waals surface area contributed by atoms with Gasteiger partial charge in [0, 0.05) is 5.56 Å². The number of rotatable bonds is 0. The van der Waals surface area contributed by atoms with Crippen LogP contribution in [0.25, 0.3) is 6.08 Å². The number of Topliss-reactive ketones (excluding diaryl/α,β-unsaturated/α-hetero) is 1. The van der Waals surface area contributed by atoms with E-state index in [0.717, 1.165) is 5.56 Å². The van der Waals surface area contributed by atoms with Crippen molar-refractivity contribution in [3.63, 3.8) is 0 Å². The lowest BCUT2D eigenvalue weighted by Gasteiger charge is -2.06. The number of phenolic OH excluding ortho intramolecular Hbond substituents is 2. The van der Waals surface area contributed by atoms with Gasteiger partial charge in [0.1, 0.15) is 11.5 Å². The third kappa shape index (κ3) is 5.76. The van der Waals surface area contributed by atoms with Crippen molar-refractivity contribution in [2.45, 2.75) is 0 Å². The Balaban J connectivity index is 0.000000150. The van der Waals surface area contributed by atoms with Crippen molar-refractivity contribution in [2.24, 2.45) is 0 Å². The Morgan fingerprint density at radius 3 is 1.46 bits per heavy atom. The average Bonchev–Trinajstić information content (AvgIpc) is 2.67. The van der Waals surface area contributed by atoms with Crippen molar-refractivity contribution in [1.82, 2.24) is 0 Å². The largest absolute Gasteiger partial charge is 0.508 e. The van der Waals surface area contributed by atoms with Crippen LogP contribution < -0.4 is 0 Å². The maximum absolute atomic E-state index is 11.2. The summed E-state index contributed by atoms with van der Waals surface area (Å²) >= 11 is 0. The number of fused-ring (bicyclic) bond motifs is 1. The topological polar surface area (TPSA) is 74.6 Å². The number of hydrogen-bond donors (Lipinski definition) is 2. The molecule has 26 heavy (non-hydrogen) atoms. The van der Waals surface area contributed by atoms with E-state index < -0.39 is 11.6 Å². The molecule has 3 aromatic rings. The van der Waals surface area contributed by atoms with Crippen LogP contribution in [-0.4, -0.2) is 21.8 Å². The molecule has 0 saturated carbocycles. The van der Waals surface area contributed by atoms with Gasteiger partial charge in [0.25, 0.3) is 0 Å². The van der Waals surface area contributed by atoms with Crippen LogP contribution in [-0.2, 0) is 4.79 Å². The molecule has 0 spiro atoms. The number of allylic oxidation sites excluding steroid dienone is 1. The smallest absolute Gasteiger partial charge is 0.233 e. The SMILES string of the molecule is O=C1C=Cc2ccccc2C1=O.Oc1ccccc1.Oc1ccccc1. The molecule has 4 heteroatoms. The number of benzene rings is 3. The zero-order chi connectivity index (χ0) is 18.8. The van der Waals surface area contributed by atoms with Crippen LogP contribution in [0.2, 0.25) is 0 Å². The lowest BCUT2D eigenvalue weighted by Crippen LogP contribution is -2.15. The maximum Gasteiger partial charge on any atom is 0.233 e. The van der Waals surface area contributed by atoms with Crippen LogP contribution in [0.1, 0.15) is 15.9 Å². The molecule has 0 unspecified atom stereocenters. The van der Waals surface area contributed by atoms with Crippen molar-refractivity contribution in [3.8, 4) is 11.5 Å². The molecule has 4 nitrogen and oxygen atoms in total. The van der Waals surface area contributed by atoms with Gasteiger partial charge in [0.2, 0.25) is 11.6 Å². The highest BCUT2D eigenvalue weighted by Crippen LogP contribution is 2.16. The summed E-state index contributed by atoms with van der Waals surface area (Å²) in [4.78, 5) is 22.1. The van der Waals surface area contributed by atoms with Gasteiger partial charge in [-0.2, -0.15) is 0 Å². The summed E-state index contributed by atoms with van der Waals surface area (Å²) in [6.07, 6.45) is 2.98. The highest BCUT2D eigenvalue weighted by atomic mass is 16.3. The van der Waals surface area contributed by atoms with Gasteiger partial charge in [0.05, 0.1) is 0 Å². The summed E-state index contributed by atoms with van der Waals surface area (Å²) in [7, 11) is 0. The Kier molecular flexibility index (Phi) is 6.89. The number of hydrogen-bond acceptors (Lipinski definition) is 4. The van der Waals surface area contributed by atoms with E-state index in [1.165, 1.54) is 6.08 Å². The Labute approximate surface area is 151 Å². The summed E-state index contributed by atoms with van der Waals surface area (Å²) in [5, 5.41) is 17.3. The number of para-hydroxylation sites is 2. The quantitative estimate of drug-likeness (QED) is 0.597. The van der Waals surface area contributed by atoms with Crippen molar-refractivity contribution in [3.05, 3.63) is 102 Å². The summed E-state index contributed by atoms with van der Waals surface area (Å²) in [6.45, 7) is 0. The molecule has 4 rings (SSSR count). The fraction of sp³-hybridized carbons (Fsp3) is 0. The van der Waals surface area contributed by atoms with Gasteiger partial charge < -0.3 is 10.2 Å². The van der Waals surface area contributed by atoms with Gasteiger partial charge >= 0.3 is 0 Å². The predicted molar refractivity (Wildman–Crippen MR) is 101 cm³/mol. The second kappa shape index (κ2) is 9.59. The maximum atomic E-state index is 11.2. The molecule has 3 aromatic carbocycles. The van der Waals surface area contributed by atoms with E-state index in [1.54, 1.807) is 66.7 Å². The van der Waals surface area contributed by atoms with Crippen molar-refractivity contribution in [1.29, 1.82) is 0 Å². The zero-order valence-corrected chi connectivity index (χ0v) is 13.9. The lowest BCUT2D eigenvalue weighted by molar-refractivity contribution is -0.110. The van der Waals surface area contributed by atoms with E-state index in [-0.39, 0.29) is 0 Å². The third-order valence-electron chi connectivity index (χ3n) is 3.36. The van der Waals surface area contributed by atoms with Gasteiger partial charge in [-0.3, -0.25) is 9.59 Å². The lowest BCUT2D eigenvalue weighted by atomic mass is 9.96. The molecule has 0 radical (unpaired) electrons. The van der Waals surface area contributed by atoms with E-state index in [2.05, 4.69) is 0 Å². The second-order valence-corrected chi connectivity index (χ2v) is 5.29. The van der Waals surface area contributed by atoms with E-state index in [1.807, 2.05) is 24.3 Å². The average molecular weight is 346 g/mol. The van der Waals surface area contributed by atoms with Crippen LogP contribution in [0, 0.1) is 0 Å². The van der Waals surface area contributed by atoms with Crippen molar-refractivity contribution in [2.75, 3.05) is 0 Å². The molecule has 1 aliphatic carbocycles. The minimum Gasteiger partial charge on any atom is -0.508 e. The first kappa shape index (κ1) is 18.7. The van der Waals surface area contributed by atoms with Crippen molar-refractivity contribution >= 4 is 17.6 Å². The van der Waals surface area contributed by atoms with E-state index >= 15 is 0 Å². The molecule has 0 saturated heterocycles. The number of carbonyl (C=O) groups excluding carboxylic acids is 2. The van der Waals surface area contributed by atoms with E-state index in [9.17, 15) is 9.59 Å². The first-order valence-corrected chi connectivity index (χ1v) is 7.91. The van der Waals surface area contributed by atoms with Crippen LogP contribution in [0.3, 0.4) is 0 Å². The zero-order valence-electron chi connectivity index (χ0n) is 13.9. The summed E-state index contributed by atoms with van der Waals surface area (Å²) in [5.74, 6) is -0.202. The number of carbonyl (C=O) groups is 2. The fourth-order valence-electron chi connectivity index (χ4n) is 2.08. The van der Waals surface area contributed by atoms with Gasteiger partial charge in [-0.25, -0.2) is 0 Å². The molecular formula is C22H18O4. The van der Waals surface area contributed by atoms with Crippen LogP contribution in [0.4, 0.5) is 0 Å². The van der Waals surface area contributed by atoms with Gasteiger partial charge in [-0.05, 0) is 35.9 Å². The van der Waals surface area contributed by atoms with E-state index in [4.69, 9.17) is 10.2 Å². The molecule has 0 bridgehead atoms. The summed E-state index contributed by atoms with van der Waals surface area (Å²) < 4.78 is 0. The molecule has 0 fully saturated rings. The number of phenols is 2. The van der Waals surface area contributed by atoms with Crippen LogP contribution >= 0.6 is 0 Å². The minimum atomic E-state index is -0.436. The standard InChI is InChI=1S/C10H6O2.2C6H6O/c11-9-6-5-7-3-1-2-4-8(7)10(9)12;2*7-6-4-2-1-3-5-6/h1-6H;2*1-5,7H. The first-order valence-electron chi connectivity index (χ1n) is 7.91.